The first-order valence-electron chi connectivity index (χ1n) is 7.44. The molecule has 112 valence electrons. The standard InChI is InChI=1S/C16H19BrN2O2/c1-10-4-7-13(17)12(9-10)16(21)19-8-2-3-14(19)15(20)18-11-5-6-11/h4,7,9,11,14H,2-3,5-6,8H2,1H3,(H,18,20). The summed E-state index contributed by atoms with van der Waals surface area (Å²) in [4.78, 5) is 26.7. The Morgan fingerprint density at radius 3 is 2.76 bits per heavy atom. The van der Waals surface area contributed by atoms with Gasteiger partial charge in [0.25, 0.3) is 5.91 Å². The summed E-state index contributed by atoms with van der Waals surface area (Å²) < 4.78 is 0.784. The minimum atomic E-state index is -0.314. The molecule has 21 heavy (non-hydrogen) atoms. The molecule has 1 aromatic carbocycles. The molecule has 1 unspecified atom stereocenters. The van der Waals surface area contributed by atoms with E-state index in [0.29, 0.717) is 18.2 Å². The van der Waals surface area contributed by atoms with Crippen LogP contribution in [0.1, 0.15) is 41.6 Å². The van der Waals surface area contributed by atoms with Crippen LogP contribution in [0.5, 0.6) is 0 Å². The molecular weight excluding hydrogens is 332 g/mol. The highest BCUT2D eigenvalue weighted by molar-refractivity contribution is 9.10. The van der Waals surface area contributed by atoms with Gasteiger partial charge in [0.05, 0.1) is 5.56 Å². The lowest BCUT2D eigenvalue weighted by Crippen LogP contribution is -2.46. The Kier molecular flexibility index (Phi) is 4.02. The molecule has 2 amide bonds. The quantitative estimate of drug-likeness (QED) is 0.910. The van der Waals surface area contributed by atoms with Crippen molar-refractivity contribution in [2.45, 2.75) is 44.7 Å². The van der Waals surface area contributed by atoms with Crippen LogP contribution in [0.25, 0.3) is 0 Å². The van der Waals surface area contributed by atoms with Crippen molar-refractivity contribution in [3.05, 3.63) is 33.8 Å². The molecule has 1 aliphatic carbocycles. The van der Waals surface area contributed by atoms with Crippen LogP contribution in [-0.2, 0) is 4.79 Å². The Balaban J connectivity index is 1.78. The molecule has 4 nitrogen and oxygen atoms in total. The van der Waals surface area contributed by atoms with Crippen molar-refractivity contribution in [1.82, 2.24) is 10.2 Å². The fourth-order valence-corrected chi connectivity index (χ4v) is 3.18. The topological polar surface area (TPSA) is 49.4 Å². The summed E-state index contributed by atoms with van der Waals surface area (Å²) in [6.07, 6.45) is 3.78. The Morgan fingerprint density at radius 1 is 1.29 bits per heavy atom. The maximum Gasteiger partial charge on any atom is 0.255 e. The van der Waals surface area contributed by atoms with Crippen molar-refractivity contribution in [2.75, 3.05) is 6.54 Å². The number of hydrogen-bond acceptors (Lipinski definition) is 2. The molecule has 3 rings (SSSR count). The number of nitrogens with zero attached hydrogens (tertiary/aromatic N) is 1. The summed E-state index contributed by atoms with van der Waals surface area (Å²) in [5.41, 5.74) is 1.68. The third-order valence-electron chi connectivity index (χ3n) is 4.09. The first-order chi connectivity index (χ1) is 10.1. The van der Waals surface area contributed by atoms with E-state index >= 15 is 0 Å². The number of carbonyl (C=O) groups excluding carboxylic acids is 2. The molecule has 1 atom stereocenters. The summed E-state index contributed by atoms with van der Waals surface area (Å²) in [6, 6.07) is 5.74. The van der Waals surface area contributed by atoms with Gasteiger partial charge in [-0.05, 0) is 60.7 Å². The summed E-state index contributed by atoms with van der Waals surface area (Å²) in [6.45, 7) is 2.62. The van der Waals surface area contributed by atoms with Gasteiger partial charge in [0.1, 0.15) is 6.04 Å². The lowest BCUT2D eigenvalue weighted by molar-refractivity contribution is -0.125. The Morgan fingerprint density at radius 2 is 2.05 bits per heavy atom. The average molecular weight is 351 g/mol. The van der Waals surface area contributed by atoms with Gasteiger partial charge in [-0.15, -0.1) is 0 Å². The zero-order valence-corrected chi connectivity index (χ0v) is 13.6. The lowest BCUT2D eigenvalue weighted by atomic mass is 10.1. The predicted molar refractivity (Wildman–Crippen MR) is 84.1 cm³/mol. The van der Waals surface area contributed by atoms with E-state index in [9.17, 15) is 9.59 Å². The van der Waals surface area contributed by atoms with Crippen LogP contribution in [0.15, 0.2) is 22.7 Å². The Bertz CT molecular complexity index is 584. The zero-order chi connectivity index (χ0) is 15.0. The number of benzene rings is 1. The summed E-state index contributed by atoms with van der Waals surface area (Å²) in [5, 5.41) is 3.01. The number of halogens is 1. The first kappa shape index (κ1) is 14.6. The van der Waals surface area contributed by atoms with Crippen LogP contribution in [0.2, 0.25) is 0 Å². The summed E-state index contributed by atoms with van der Waals surface area (Å²) >= 11 is 3.44. The predicted octanol–water partition coefficient (Wildman–Crippen LogP) is 2.64. The normalized spacial score (nSPS) is 21.4. The molecule has 0 bridgehead atoms. The number of carbonyl (C=O) groups is 2. The number of likely N-dealkylation sites (tertiary alicyclic amines) is 1. The molecule has 2 fully saturated rings. The number of hydrogen-bond donors (Lipinski definition) is 1. The molecule has 1 heterocycles. The average Bonchev–Trinajstić information content (AvgIpc) is 3.13. The van der Waals surface area contributed by atoms with Gasteiger partial charge in [0.15, 0.2) is 0 Å². The van der Waals surface area contributed by atoms with Crippen molar-refractivity contribution in [3.63, 3.8) is 0 Å². The molecule has 2 aliphatic rings. The van der Waals surface area contributed by atoms with E-state index in [4.69, 9.17) is 0 Å². The SMILES string of the molecule is Cc1ccc(Br)c(C(=O)N2CCCC2C(=O)NC2CC2)c1. The van der Waals surface area contributed by atoms with Gasteiger partial charge in [-0.3, -0.25) is 9.59 Å². The molecule has 1 saturated heterocycles. The highest BCUT2D eigenvalue weighted by Gasteiger charge is 2.37. The second-order valence-corrected chi connectivity index (χ2v) is 6.78. The summed E-state index contributed by atoms with van der Waals surface area (Å²) in [5.74, 6) is -0.0499. The minimum absolute atomic E-state index is 0.00660. The third kappa shape index (κ3) is 3.12. The van der Waals surface area contributed by atoms with Crippen LogP contribution >= 0.6 is 15.9 Å². The van der Waals surface area contributed by atoms with E-state index in [1.807, 2.05) is 25.1 Å². The van der Waals surface area contributed by atoms with Gasteiger partial charge in [-0.2, -0.15) is 0 Å². The molecule has 1 N–H and O–H groups in total. The maximum atomic E-state index is 12.8. The smallest absolute Gasteiger partial charge is 0.255 e. The van der Waals surface area contributed by atoms with Crippen LogP contribution < -0.4 is 5.32 Å². The van der Waals surface area contributed by atoms with Crippen LogP contribution in [0.4, 0.5) is 0 Å². The zero-order valence-electron chi connectivity index (χ0n) is 12.1. The molecule has 5 heteroatoms. The van der Waals surface area contributed by atoms with E-state index in [-0.39, 0.29) is 17.9 Å². The minimum Gasteiger partial charge on any atom is -0.352 e. The second-order valence-electron chi connectivity index (χ2n) is 5.92. The highest BCUT2D eigenvalue weighted by atomic mass is 79.9. The van der Waals surface area contributed by atoms with E-state index in [1.165, 1.54) is 0 Å². The van der Waals surface area contributed by atoms with Crippen LogP contribution in [0.3, 0.4) is 0 Å². The van der Waals surface area contributed by atoms with Crippen LogP contribution in [0, 0.1) is 6.92 Å². The van der Waals surface area contributed by atoms with Crippen molar-refractivity contribution in [3.8, 4) is 0 Å². The van der Waals surface area contributed by atoms with Gasteiger partial charge in [-0.1, -0.05) is 11.6 Å². The van der Waals surface area contributed by atoms with E-state index < -0.39 is 0 Å². The van der Waals surface area contributed by atoms with Gasteiger partial charge in [-0.25, -0.2) is 0 Å². The molecule has 0 spiro atoms. The van der Waals surface area contributed by atoms with Gasteiger partial charge < -0.3 is 10.2 Å². The largest absolute Gasteiger partial charge is 0.352 e. The van der Waals surface area contributed by atoms with Gasteiger partial charge in [0, 0.05) is 17.1 Å². The van der Waals surface area contributed by atoms with Crippen LogP contribution in [-0.4, -0.2) is 35.3 Å². The van der Waals surface area contributed by atoms with E-state index in [1.54, 1.807) is 4.90 Å². The van der Waals surface area contributed by atoms with E-state index in [0.717, 1.165) is 35.7 Å². The molecule has 1 aromatic rings. The molecular formula is C16H19BrN2O2. The molecule has 1 saturated carbocycles. The molecule has 1 aliphatic heterocycles. The fraction of sp³-hybridized carbons (Fsp3) is 0.500. The number of aryl methyl sites for hydroxylation is 1. The molecule has 0 aromatic heterocycles. The number of nitrogens with one attached hydrogen (secondary N) is 1. The summed E-state index contributed by atoms with van der Waals surface area (Å²) in [7, 11) is 0. The third-order valence-corrected chi connectivity index (χ3v) is 4.78. The second kappa shape index (κ2) is 5.79. The van der Waals surface area contributed by atoms with Crippen molar-refractivity contribution in [2.24, 2.45) is 0 Å². The number of amides is 2. The number of rotatable bonds is 3. The lowest BCUT2D eigenvalue weighted by Gasteiger charge is -2.24. The van der Waals surface area contributed by atoms with Crippen molar-refractivity contribution in [1.29, 1.82) is 0 Å². The van der Waals surface area contributed by atoms with Crippen molar-refractivity contribution < 1.29 is 9.59 Å². The molecule has 0 radical (unpaired) electrons. The highest BCUT2D eigenvalue weighted by Crippen LogP contribution is 2.26. The van der Waals surface area contributed by atoms with Gasteiger partial charge >= 0.3 is 0 Å². The van der Waals surface area contributed by atoms with E-state index in [2.05, 4.69) is 21.2 Å². The Hall–Kier alpha value is -1.36. The monoisotopic (exact) mass is 350 g/mol. The Labute approximate surface area is 133 Å². The first-order valence-corrected chi connectivity index (χ1v) is 8.23. The van der Waals surface area contributed by atoms with Crippen molar-refractivity contribution >= 4 is 27.7 Å². The van der Waals surface area contributed by atoms with Gasteiger partial charge in [0.2, 0.25) is 5.91 Å². The fourth-order valence-electron chi connectivity index (χ4n) is 2.77. The maximum absolute atomic E-state index is 12.8.